The molecule has 0 saturated carbocycles. The van der Waals surface area contributed by atoms with Crippen molar-refractivity contribution in [3.05, 3.63) is 43.0 Å². The van der Waals surface area contributed by atoms with E-state index in [0.717, 1.165) is 5.69 Å². The molecule has 0 aliphatic heterocycles. The molecule has 108 valence electrons. The van der Waals surface area contributed by atoms with Crippen LogP contribution in [0.5, 0.6) is 5.75 Å². The van der Waals surface area contributed by atoms with Crippen LogP contribution >= 0.6 is 0 Å². The average molecular weight is 296 g/mol. The Kier molecular flexibility index (Phi) is 4.41. The molecule has 1 heterocycles. The van der Waals surface area contributed by atoms with Crippen LogP contribution in [-0.4, -0.2) is 36.9 Å². The molecule has 1 aromatic heterocycles. The molecule has 1 aromatic carbocycles. The molecule has 1 atom stereocenters. The minimum atomic E-state index is -3.66. The first-order valence-corrected chi connectivity index (χ1v) is 7.61. The summed E-state index contributed by atoms with van der Waals surface area (Å²) in [7, 11) is -2.20. The monoisotopic (exact) mass is 296 g/mol. The second-order valence-corrected chi connectivity index (χ2v) is 5.93. The Bertz CT molecular complexity index is 636. The van der Waals surface area contributed by atoms with Gasteiger partial charge in [-0.05, 0) is 31.2 Å². The van der Waals surface area contributed by atoms with Gasteiger partial charge in [-0.3, -0.25) is 0 Å². The highest BCUT2D eigenvalue weighted by Crippen LogP contribution is 2.17. The minimum absolute atomic E-state index is 0.188. The normalized spacial score (nSPS) is 13.1. The van der Waals surface area contributed by atoms with Crippen molar-refractivity contribution in [2.45, 2.75) is 13.0 Å². The smallest absolute Gasteiger partial charge is 0.311 e. The summed E-state index contributed by atoms with van der Waals surface area (Å²) in [5.41, 5.74) is 0.873. The van der Waals surface area contributed by atoms with Crippen molar-refractivity contribution in [2.75, 3.05) is 12.9 Å². The largest absolute Gasteiger partial charge is 0.382 e. The molecular formula is C13H16N2O4S. The molecule has 0 radical (unpaired) electrons. The van der Waals surface area contributed by atoms with Crippen molar-refractivity contribution in [3.8, 4) is 11.4 Å². The summed E-state index contributed by atoms with van der Waals surface area (Å²) in [6, 6.07) is 6.72. The highest BCUT2D eigenvalue weighted by Gasteiger charge is 2.17. The fourth-order valence-electron chi connectivity index (χ4n) is 1.62. The molecule has 0 N–H and O–H groups in total. The number of aromatic nitrogens is 2. The number of imidazole rings is 1. The van der Waals surface area contributed by atoms with Crippen LogP contribution < -0.4 is 4.18 Å². The fourth-order valence-corrected chi connectivity index (χ4v) is 2.81. The number of hydrogen-bond donors (Lipinski definition) is 0. The molecule has 6 nitrogen and oxygen atoms in total. The Morgan fingerprint density at radius 2 is 2.00 bits per heavy atom. The first-order chi connectivity index (χ1) is 9.50. The van der Waals surface area contributed by atoms with Crippen LogP contribution in [-0.2, 0) is 14.9 Å². The topological polar surface area (TPSA) is 70.4 Å². The Labute approximate surface area is 118 Å². The predicted octanol–water partition coefficient (Wildman–Crippen LogP) is 1.62. The third-order valence-corrected chi connectivity index (χ3v) is 4.03. The van der Waals surface area contributed by atoms with Gasteiger partial charge in [-0.1, -0.05) is 0 Å². The summed E-state index contributed by atoms with van der Waals surface area (Å²) in [5, 5.41) is 0. The lowest BCUT2D eigenvalue weighted by Gasteiger charge is -2.11. The summed E-state index contributed by atoms with van der Waals surface area (Å²) in [4.78, 5) is 3.94. The molecule has 1 unspecified atom stereocenters. The first kappa shape index (κ1) is 14.5. The Morgan fingerprint density at radius 3 is 2.55 bits per heavy atom. The van der Waals surface area contributed by atoms with Crippen LogP contribution in [0.4, 0.5) is 0 Å². The Hall–Kier alpha value is -1.86. The van der Waals surface area contributed by atoms with Crippen LogP contribution in [0.2, 0.25) is 0 Å². The second kappa shape index (κ2) is 6.06. The molecule has 2 aromatic rings. The predicted molar refractivity (Wildman–Crippen MR) is 74.4 cm³/mol. The van der Waals surface area contributed by atoms with Crippen LogP contribution in [0, 0.1) is 0 Å². The number of benzene rings is 1. The average Bonchev–Trinajstić information content (AvgIpc) is 2.92. The van der Waals surface area contributed by atoms with Gasteiger partial charge >= 0.3 is 10.1 Å². The van der Waals surface area contributed by atoms with Gasteiger partial charge in [0.1, 0.15) is 11.5 Å². The molecular weight excluding hydrogens is 280 g/mol. The molecule has 0 aliphatic carbocycles. The summed E-state index contributed by atoms with van der Waals surface area (Å²) < 4.78 is 35.3. The van der Waals surface area contributed by atoms with Crippen molar-refractivity contribution in [1.82, 2.24) is 9.55 Å². The standard InChI is InChI=1S/C13H16N2O4S/c1-11(18-2)9-20(16,17)19-13-5-3-12(4-6-13)15-8-7-14-10-15/h3-8,10-11H,9H2,1-2H3. The first-order valence-electron chi connectivity index (χ1n) is 6.03. The summed E-state index contributed by atoms with van der Waals surface area (Å²) >= 11 is 0. The lowest BCUT2D eigenvalue weighted by Crippen LogP contribution is -2.23. The lowest BCUT2D eigenvalue weighted by atomic mass is 10.3. The van der Waals surface area contributed by atoms with Crippen molar-refractivity contribution in [3.63, 3.8) is 0 Å². The molecule has 0 fully saturated rings. The second-order valence-electron chi connectivity index (χ2n) is 4.32. The van der Waals surface area contributed by atoms with Crippen LogP contribution in [0.3, 0.4) is 0 Å². The summed E-state index contributed by atoms with van der Waals surface area (Å²) in [6.07, 6.45) is 4.71. The number of methoxy groups -OCH3 is 1. The van der Waals surface area contributed by atoms with E-state index in [1.165, 1.54) is 7.11 Å². The zero-order valence-corrected chi connectivity index (χ0v) is 12.1. The number of nitrogens with zero attached hydrogens (tertiary/aromatic N) is 2. The van der Waals surface area contributed by atoms with Gasteiger partial charge in [0.25, 0.3) is 0 Å². The third-order valence-electron chi connectivity index (χ3n) is 2.70. The molecule has 0 saturated heterocycles. The highest BCUT2D eigenvalue weighted by atomic mass is 32.2. The van der Waals surface area contributed by atoms with E-state index in [-0.39, 0.29) is 11.5 Å². The SMILES string of the molecule is COC(C)CS(=O)(=O)Oc1ccc(-n2ccnc2)cc1. The van der Waals surface area contributed by atoms with Gasteiger partial charge in [-0.15, -0.1) is 0 Å². The maximum absolute atomic E-state index is 11.8. The van der Waals surface area contributed by atoms with Crippen LogP contribution in [0.1, 0.15) is 6.92 Å². The molecule has 7 heteroatoms. The highest BCUT2D eigenvalue weighted by molar-refractivity contribution is 7.87. The molecule has 2 rings (SSSR count). The van der Waals surface area contributed by atoms with Crippen molar-refractivity contribution in [1.29, 1.82) is 0 Å². The lowest BCUT2D eigenvalue weighted by molar-refractivity contribution is 0.135. The van der Waals surface area contributed by atoms with Crippen molar-refractivity contribution in [2.24, 2.45) is 0 Å². The van der Waals surface area contributed by atoms with E-state index in [1.807, 2.05) is 4.57 Å². The third kappa shape index (κ3) is 3.82. The van der Waals surface area contributed by atoms with E-state index >= 15 is 0 Å². The van der Waals surface area contributed by atoms with Crippen LogP contribution in [0.15, 0.2) is 43.0 Å². The molecule has 0 aliphatic rings. The Morgan fingerprint density at radius 1 is 1.30 bits per heavy atom. The van der Waals surface area contributed by atoms with Crippen molar-refractivity contribution >= 4 is 10.1 Å². The van der Waals surface area contributed by atoms with Gasteiger partial charge in [-0.25, -0.2) is 4.98 Å². The van der Waals surface area contributed by atoms with Crippen molar-refractivity contribution < 1.29 is 17.3 Å². The fraction of sp³-hybridized carbons (Fsp3) is 0.308. The van der Waals surface area contributed by atoms with Gasteiger partial charge in [0.05, 0.1) is 12.4 Å². The van der Waals surface area contributed by atoms with Gasteiger partial charge in [0.15, 0.2) is 0 Å². The van der Waals surface area contributed by atoms with E-state index in [2.05, 4.69) is 4.98 Å². The molecule has 0 spiro atoms. The van der Waals surface area contributed by atoms with Crippen LogP contribution in [0.25, 0.3) is 5.69 Å². The van der Waals surface area contributed by atoms with E-state index in [4.69, 9.17) is 8.92 Å². The maximum atomic E-state index is 11.8. The van der Waals surface area contributed by atoms with E-state index in [9.17, 15) is 8.42 Å². The quantitative estimate of drug-likeness (QED) is 0.757. The number of rotatable bonds is 6. The van der Waals surface area contributed by atoms with E-state index < -0.39 is 16.2 Å². The molecule has 0 bridgehead atoms. The van der Waals surface area contributed by atoms with Gasteiger partial charge in [-0.2, -0.15) is 8.42 Å². The molecule has 20 heavy (non-hydrogen) atoms. The number of ether oxygens (including phenoxy) is 1. The Balaban J connectivity index is 2.07. The summed E-state index contributed by atoms with van der Waals surface area (Å²) in [6.45, 7) is 1.67. The van der Waals surface area contributed by atoms with E-state index in [1.54, 1.807) is 49.9 Å². The maximum Gasteiger partial charge on any atom is 0.311 e. The van der Waals surface area contributed by atoms with Gasteiger partial charge in [0.2, 0.25) is 0 Å². The van der Waals surface area contributed by atoms with Gasteiger partial charge in [0, 0.05) is 25.2 Å². The van der Waals surface area contributed by atoms with Gasteiger partial charge < -0.3 is 13.5 Å². The zero-order chi connectivity index (χ0) is 14.6. The zero-order valence-electron chi connectivity index (χ0n) is 11.3. The number of hydrogen-bond acceptors (Lipinski definition) is 5. The minimum Gasteiger partial charge on any atom is -0.382 e. The molecule has 0 amide bonds. The summed E-state index contributed by atoms with van der Waals surface area (Å²) in [5.74, 6) is 0.0874. The van der Waals surface area contributed by atoms with E-state index in [0.29, 0.717) is 0 Å².